The van der Waals surface area contributed by atoms with E-state index >= 15 is 0 Å². The molecule has 0 atom stereocenters. The van der Waals surface area contributed by atoms with Crippen LogP contribution >= 0.6 is 0 Å². The van der Waals surface area contributed by atoms with Gasteiger partial charge in [-0.25, -0.2) is 9.48 Å². The predicted octanol–water partition coefficient (Wildman–Crippen LogP) is 1.60. The zero-order chi connectivity index (χ0) is 24.6. The third-order valence-corrected chi connectivity index (χ3v) is 5.15. The van der Waals surface area contributed by atoms with Crippen molar-refractivity contribution >= 4 is 12.0 Å². The van der Waals surface area contributed by atoms with Crippen LogP contribution in [-0.2, 0) is 11.3 Å². The molecule has 2 amide bonds. The Bertz CT molecular complexity index is 1010. The SMILES string of the molecule is CC(C)(C)OC(=O)N1CCN(CCNC(=O)c2ccc(=O)n(CCOc3ccccc3)n2)CC1. The van der Waals surface area contributed by atoms with Gasteiger partial charge in [-0.3, -0.25) is 14.5 Å². The maximum absolute atomic E-state index is 12.5. The summed E-state index contributed by atoms with van der Waals surface area (Å²) in [5.74, 6) is 0.362. The molecule has 10 nitrogen and oxygen atoms in total. The maximum atomic E-state index is 12.5. The topological polar surface area (TPSA) is 106 Å². The lowest BCUT2D eigenvalue weighted by atomic mass is 10.2. The molecule has 1 aromatic carbocycles. The van der Waals surface area contributed by atoms with Crippen molar-refractivity contribution in [3.8, 4) is 5.75 Å². The van der Waals surface area contributed by atoms with Crippen LogP contribution in [0.5, 0.6) is 5.75 Å². The Balaban J connectivity index is 1.41. The summed E-state index contributed by atoms with van der Waals surface area (Å²) in [7, 11) is 0. The van der Waals surface area contributed by atoms with E-state index in [1.54, 1.807) is 4.90 Å². The number of nitrogens with zero attached hydrogens (tertiary/aromatic N) is 4. The van der Waals surface area contributed by atoms with Crippen molar-refractivity contribution < 1.29 is 19.1 Å². The molecule has 10 heteroatoms. The molecular formula is C24H33N5O5. The second-order valence-corrected chi connectivity index (χ2v) is 9.01. The van der Waals surface area contributed by atoms with Crippen LogP contribution in [0.15, 0.2) is 47.3 Å². The van der Waals surface area contributed by atoms with Crippen molar-refractivity contribution in [2.24, 2.45) is 0 Å². The Morgan fingerprint density at radius 3 is 2.38 bits per heavy atom. The number of benzene rings is 1. The van der Waals surface area contributed by atoms with Crippen LogP contribution in [0.4, 0.5) is 4.79 Å². The van der Waals surface area contributed by atoms with Crippen LogP contribution in [0, 0.1) is 0 Å². The second-order valence-electron chi connectivity index (χ2n) is 9.01. The number of amides is 2. The van der Waals surface area contributed by atoms with E-state index < -0.39 is 5.60 Å². The van der Waals surface area contributed by atoms with Crippen LogP contribution in [-0.4, -0.2) is 83.1 Å². The molecule has 1 N–H and O–H groups in total. The van der Waals surface area contributed by atoms with E-state index in [-0.39, 0.29) is 36.4 Å². The number of carbonyl (C=O) groups excluding carboxylic acids is 2. The Morgan fingerprint density at radius 2 is 1.71 bits per heavy atom. The minimum absolute atomic E-state index is 0.175. The average Bonchev–Trinajstić information content (AvgIpc) is 2.80. The highest BCUT2D eigenvalue weighted by molar-refractivity contribution is 5.91. The van der Waals surface area contributed by atoms with Gasteiger partial charge in [0.2, 0.25) is 0 Å². The molecule has 1 saturated heterocycles. The van der Waals surface area contributed by atoms with Gasteiger partial charge in [-0.05, 0) is 39.0 Å². The average molecular weight is 472 g/mol. The van der Waals surface area contributed by atoms with Gasteiger partial charge in [0.15, 0.2) is 0 Å². The lowest BCUT2D eigenvalue weighted by Gasteiger charge is -2.35. The highest BCUT2D eigenvalue weighted by atomic mass is 16.6. The lowest BCUT2D eigenvalue weighted by molar-refractivity contribution is 0.0147. The summed E-state index contributed by atoms with van der Waals surface area (Å²) in [5.41, 5.74) is -0.630. The van der Waals surface area contributed by atoms with E-state index in [2.05, 4.69) is 15.3 Å². The minimum atomic E-state index is -0.510. The van der Waals surface area contributed by atoms with Crippen LogP contribution in [0.25, 0.3) is 0 Å². The van der Waals surface area contributed by atoms with Gasteiger partial charge in [-0.1, -0.05) is 18.2 Å². The predicted molar refractivity (Wildman–Crippen MR) is 127 cm³/mol. The molecule has 1 aromatic heterocycles. The summed E-state index contributed by atoms with van der Waals surface area (Å²) >= 11 is 0. The summed E-state index contributed by atoms with van der Waals surface area (Å²) in [6.07, 6.45) is -0.296. The molecule has 0 unspecified atom stereocenters. The molecule has 1 aliphatic rings. The number of para-hydroxylation sites is 1. The molecule has 0 spiro atoms. The summed E-state index contributed by atoms with van der Waals surface area (Å²) in [6, 6.07) is 12.0. The first-order valence-corrected chi connectivity index (χ1v) is 11.5. The quantitative estimate of drug-likeness (QED) is 0.623. The molecule has 0 saturated carbocycles. The summed E-state index contributed by atoms with van der Waals surface area (Å²) in [6.45, 7) is 9.71. The van der Waals surface area contributed by atoms with Crippen molar-refractivity contribution in [1.29, 1.82) is 0 Å². The molecule has 0 aliphatic carbocycles. The maximum Gasteiger partial charge on any atom is 0.410 e. The van der Waals surface area contributed by atoms with Gasteiger partial charge in [0.05, 0.1) is 6.54 Å². The van der Waals surface area contributed by atoms with Crippen LogP contribution in [0.2, 0.25) is 0 Å². The molecule has 2 aromatic rings. The zero-order valence-electron chi connectivity index (χ0n) is 20.0. The number of aromatic nitrogens is 2. The zero-order valence-corrected chi connectivity index (χ0v) is 20.0. The van der Waals surface area contributed by atoms with Gasteiger partial charge < -0.3 is 19.7 Å². The summed E-state index contributed by atoms with van der Waals surface area (Å²) in [5, 5.41) is 7.01. The Kier molecular flexibility index (Phi) is 8.64. The molecule has 0 bridgehead atoms. The van der Waals surface area contributed by atoms with Gasteiger partial charge in [-0.2, -0.15) is 5.10 Å². The fourth-order valence-electron chi connectivity index (χ4n) is 3.40. The van der Waals surface area contributed by atoms with Crippen molar-refractivity contribution in [2.45, 2.75) is 32.9 Å². The standard InChI is InChI=1S/C24H33N5O5/c1-24(2,3)34-23(32)28-15-13-27(14-16-28)12-11-25-22(31)20-9-10-21(30)29(26-20)17-18-33-19-7-5-4-6-8-19/h4-10H,11-18H2,1-3H3,(H,25,31). The number of hydrogen-bond acceptors (Lipinski definition) is 7. The molecule has 0 radical (unpaired) electrons. The first-order chi connectivity index (χ1) is 16.2. The van der Waals surface area contributed by atoms with E-state index in [4.69, 9.17) is 9.47 Å². The molecule has 1 fully saturated rings. The Hall–Kier alpha value is -3.40. The molecule has 184 valence electrons. The van der Waals surface area contributed by atoms with Crippen molar-refractivity contribution in [3.63, 3.8) is 0 Å². The fraction of sp³-hybridized carbons (Fsp3) is 0.500. The van der Waals surface area contributed by atoms with E-state index in [0.717, 1.165) is 0 Å². The van der Waals surface area contributed by atoms with Crippen molar-refractivity contribution in [2.75, 3.05) is 45.9 Å². The Morgan fingerprint density at radius 1 is 1.00 bits per heavy atom. The monoisotopic (exact) mass is 471 g/mol. The van der Waals surface area contributed by atoms with Gasteiger partial charge in [-0.15, -0.1) is 0 Å². The first-order valence-electron chi connectivity index (χ1n) is 11.5. The molecule has 34 heavy (non-hydrogen) atoms. The summed E-state index contributed by atoms with van der Waals surface area (Å²) < 4.78 is 12.2. The van der Waals surface area contributed by atoms with Gasteiger partial charge in [0.1, 0.15) is 23.7 Å². The van der Waals surface area contributed by atoms with Crippen LogP contribution in [0.3, 0.4) is 0 Å². The Labute approximate surface area is 199 Å². The molecule has 3 rings (SSSR count). The number of carbonyl (C=O) groups is 2. The third-order valence-electron chi connectivity index (χ3n) is 5.15. The van der Waals surface area contributed by atoms with Gasteiger partial charge >= 0.3 is 6.09 Å². The second kappa shape index (κ2) is 11.6. The smallest absolute Gasteiger partial charge is 0.410 e. The van der Waals surface area contributed by atoms with E-state index in [1.807, 2.05) is 51.1 Å². The normalized spacial score (nSPS) is 14.5. The van der Waals surface area contributed by atoms with E-state index in [1.165, 1.54) is 16.8 Å². The lowest BCUT2D eigenvalue weighted by Crippen LogP contribution is -2.51. The number of piperazine rings is 1. The minimum Gasteiger partial charge on any atom is -0.492 e. The number of hydrogen-bond donors (Lipinski definition) is 1. The third kappa shape index (κ3) is 7.87. The molecule has 1 aliphatic heterocycles. The largest absolute Gasteiger partial charge is 0.492 e. The van der Waals surface area contributed by atoms with E-state index in [9.17, 15) is 14.4 Å². The highest BCUT2D eigenvalue weighted by Crippen LogP contribution is 2.12. The van der Waals surface area contributed by atoms with Crippen molar-refractivity contribution in [1.82, 2.24) is 24.9 Å². The highest BCUT2D eigenvalue weighted by Gasteiger charge is 2.25. The van der Waals surface area contributed by atoms with E-state index in [0.29, 0.717) is 45.0 Å². The molecule has 2 heterocycles. The number of rotatable bonds is 8. The van der Waals surface area contributed by atoms with Gasteiger partial charge in [0, 0.05) is 45.3 Å². The van der Waals surface area contributed by atoms with Gasteiger partial charge in [0.25, 0.3) is 11.5 Å². The summed E-state index contributed by atoms with van der Waals surface area (Å²) in [4.78, 5) is 40.6. The van der Waals surface area contributed by atoms with Crippen molar-refractivity contribution in [3.05, 3.63) is 58.5 Å². The number of ether oxygens (including phenoxy) is 2. The fourth-order valence-corrected chi connectivity index (χ4v) is 3.40. The first kappa shape index (κ1) is 25.2. The van der Waals surface area contributed by atoms with Crippen LogP contribution in [0.1, 0.15) is 31.3 Å². The molecular weight excluding hydrogens is 438 g/mol. The number of nitrogens with one attached hydrogen (secondary N) is 1. The van der Waals surface area contributed by atoms with Crippen LogP contribution < -0.4 is 15.6 Å².